The fourth-order valence-electron chi connectivity index (χ4n) is 2.55. The van der Waals surface area contributed by atoms with E-state index in [1.54, 1.807) is 42.5 Å². The molecule has 3 aromatic rings. The van der Waals surface area contributed by atoms with Gasteiger partial charge in [-0.1, -0.05) is 18.2 Å². The number of carbonyl (C=O) groups is 1. The van der Waals surface area contributed by atoms with E-state index in [1.165, 1.54) is 31.4 Å². The third-order valence-corrected chi connectivity index (χ3v) is 5.51. The average molecular weight is 425 g/mol. The number of benzene rings is 2. The van der Waals surface area contributed by atoms with Crippen molar-refractivity contribution in [2.45, 2.75) is 24.5 Å². The quantitative estimate of drug-likeness (QED) is 0.572. The first kappa shape index (κ1) is 21.1. The number of nitrogens with one attached hydrogen (secondary N) is 2. The van der Waals surface area contributed by atoms with Crippen LogP contribution < -0.4 is 14.8 Å². The fourth-order valence-corrected chi connectivity index (χ4v) is 3.59. The summed E-state index contributed by atoms with van der Waals surface area (Å²) in [5.41, 5.74) is 0.609. The van der Waals surface area contributed by atoms with Gasteiger partial charge in [-0.25, -0.2) is 13.1 Å². The number of hydrogen-bond donors (Lipinski definition) is 2. The molecule has 30 heavy (non-hydrogen) atoms. The zero-order chi connectivity index (χ0) is 21.6. The standard InChI is InChI=1S/C21H19N3O5S/c1-15(29-20-10-3-2-6-16(20)13-22)21(25)24-17-7-4-9-19(12-17)30(26,27)23-14-18-8-5-11-28-18/h2-12,15,23H,14H2,1H3,(H,24,25). The summed E-state index contributed by atoms with van der Waals surface area (Å²) in [5.74, 6) is 0.286. The number of amides is 1. The molecule has 0 saturated carbocycles. The number of anilines is 1. The predicted octanol–water partition coefficient (Wildman–Crippen LogP) is 3.04. The summed E-state index contributed by atoms with van der Waals surface area (Å²) in [7, 11) is -3.80. The van der Waals surface area contributed by atoms with E-state index in [-0.39, 0.29) is 11.4 Å². The second-order valence-electron chi connectivity index (χ2n) is 6.29. The van der Waals surface area contributed by atoms with Crippen LogP contribution >= 0.6 is 0 Å². The molecule has 0 bridgehead atoms. The maximum absolute atomic E-state index is 12.5. The molecule has 2 N–H and O–H groups in total. The van der Waals surface area contributed by atoms with E-state index >= 15 is 0 Å². The van der Waals surface area contributed by atoms with Crippen LogP contribution in [0.3, 0.4) is 0 Å². The van der Waals surface area contributed by atoms with E-state index in [9.17, 15) is 13.2 Å². The van der Waals surface area contributed by atoms with Gasteiger partial charge in [-0.2, -0.15) is 5.26 Å². The van der Waals surface area contributed by atoms with Crippen molar-refractivity contribution >= 4 is 21.6 Å². The van der Waals surface area contributed by atoms with Crippen molar-refractivity contribution in [3.05, 3.63) is 78.3 Å². The van der Waals surface area contributed by atoms with Crippen molar-refractivity contribution < 1.29 is 22.4 Å². The lowest BCUT2D eigenvalue weighted by Gasteiger charge is -2.16. The molecule has 1 unspecified atom stereocenters. The first-order valence-corrected chi connectivity index (χ1v) is 10.5. The van der Waals surface area contributed by atoms with Gasteiger partial charge in [0, 0.05) is 5.69 Å². The van der Waals surface area contributed by atoms with Crippen LogP contribution in [0.1, 0.15) is 18.2 Å². The highest BCUT2D eigenvalue weighted by atomic mass is 32.2. The number of para-hydroxylation sites is 1. The molecular weight excluding hydrogens is 406 g/mol. The summed E-state index contributed by atoms with van der Waals surface area (Å²) in [6, 6.07) is 17.8. The van der Waals surface area contributed by atoms with Gasteiger partial charge in [0.25, 0.3) is 5.91 Å². The Kier molecular flexibility index (Phi) is 6.51. The van der Waals surface area contributed by atoms with Gasteiger partial charge in [0.05, 0.1) is 23.3 Å². The molecule has 1 heterocycles. The van der Waals surface area contributed by atoms with Gasteiger partial charge < -0.3 is 14.5 Å². The van der Waals surface area contributed by atoms with Crippen molar-refractivity contribution in [1.29, 1.82) is 5.26 Å². The molecular formula is C21H19N3O5S. The molecule has 0 aliphatic carbocycles. The lowest BCUT2D eigenvalue weighted by molar-refractivity contribution is -0.122. The minimum Gasteiger partial charge on any atom is -0.480 e. The minimum absolute atomic E-state index is 0.00439. The van der Waals surface area contributed by atoms with Gasteiger partial charge in [-0.3, -0.25) is 4.79 Å². The van der Waals surface area contributed by atoms with Crippen molar-refractivity contribution in [3.63, 3.8) is 0 Å². The summed E-state index contributed by atoms with van der Waals surface area (Å²) in [6.07, 6.45) is 0.551. The van der Waals surface area contributed by atoms with Crippen molar-refractivity contribution in [3.8, 4) is 11.8 Å². The predicted molar refractivity (Wildman–Crippen MR) is 109 cm³/mol. The monoisotopic (exact) mass is 425 g/mol. The maximum Gasteiger partial charge on any atom is 0.265 e. The number of sulfonamides is 1. The Morgan fingerprint density at radius 2 is 1.97 bits per heavy atom. The number of nitriles is 1. The molecule has 0 aliphatic rings. The molecule has 0 radical (unpaired) electrons. The van der Waals surface area contributed by atoms with Gasteiger partial charge >= 0.3 is 0 Å². The number of ether oxygens (including phenoxy) is 1. The largest absolute Gasteiger partial charge is 0.480 e. The molecule has 1 atom stereocenters. The summed E-state index contributed by atoms with van der Waals surface area (Å²) in [6.45, 7) is 1.55. The number of carbonyl (C=O) groups excluding carboxylic acids is 1. The normalized spacial score (nSPS) is 12.0. The Morgan fingerprint density at radius 1 is 1.17 bits per heavy atom. The van der Waals surface area contributed by atoms with Crippen LogP contribution in [0.4, 0.5) is 5.69 Å². The summed E-state index contributed by atoms with van der Waals surface area (Å²) in [5, 5.41) is 11.7. The summed E-state index contributed by atoms with van der Waals surface area (Å²) in [4.78, 5) is 12.5. The molecule has 1 amide bonds. The topological polar surface area (TPSA) is 121 Å². The van der Waals surface area contributed by atoms with E-state index in [4.69, 9.17) is 14.4 Å². The van der Waals surface area contributed by atoms with Crippen LogP contribution in [-0.4, -0.2) is 20.4 Å². The minimum atomic E-state index is -3.80. The fraction of sp³-hybridized carbons (Fsp3) is 0.143. The summed E-state index contributed by atoms with van der Waals surface area (Å²) < 4.78 is 38.1. The Morgan fingerprint density at radius 3 is 2.70 bits per heavy atom. The molecule has 9 heteroatoms. The highest BCUT2D eigenvalue weighted by molar-refractivity contribution is 7.89. The SMILES string of the molecule is CC(Oc1ccccc1C#N)C(=O)Nc1cccc(S(=O)(=O)NCc2ccco2)c1. The van der Waals surface area contributed by atoms with Gasteiger partial charge in [-0.15, -0.1) is 0 Å². The first-order valence-electron chi connectivity index (χ1n) is 8.98. The third-order valence-electron chi connectivity index (χ3n) is 4.11. The first-order chi connectivity index (χ1) is 14.4. The number of furan rings is 1. The van der Waals surface area contributed by atoms with Crippen LogP contribution in [0, 0.1) is 11.3 Å². The molecule has 154 valence electrons. The number of nitrogens with zero attached hydrogens (tertiary/aromatic N) is 1. The van der Waals surface area contributed by atoms with E-state index in [2.05, 4.69) is 10.0 Å². The Balaban J connectivity index is 1.66. The van der Waals surface area contributed by atoms with Crippen LogP contribution in [0.25, 0.3) is 0 Å². The van der Waals surface area contributed by atoms with Crippen molar-refractivity contribution in [2.75, 3.05) is 5.32 Å². The van der Waals surface area contributed by atoms with E-state index < -0.39 is 22.0 Å². The Labute approximate surface area is 174 Å². The van der Waals surface area contributed by atoms with Crippen LogP contribution in [0.2, 0.25) is 0 Å². The number of rotatable bonds is 8. The Bertz CT molecular complexity index is 1170. The van der Waals surface area contributed by atoms with Gasteiger partial charge in [-0.05, 0) is 49.4 Å². The zero-order valence-corrected chi connectivity index (χ0v) is 16.8. The lowest BCUT2D eigenvalue weighted by atomic mass is 10.2. The molecule has 0 spiro atoms. The highest BCUT2D eigenvalue weighted by Gasteiger charge is 2.19. The average Bonchev–Trinajstić information content (AvgIpc) is 3.27. The molecule has 0 fully saturated rings. The smallest absolute Gasteiger partial charge is 0.265 e. The highest BCUT2D eigenvalue weighted by Crippen LogP contribution is 2.20. The molecule has 1 aromatic heterocycles. The van der Waals surface area contributed by atoms with Crippen LogP contribution in [0.5, 0.6) is 5.75 Å². The van der Waals surface area contributed by atoms with Gasteiger partial charge in [0.1, 0.15) is 17.6 Å². The molecule has 2 aromatic carbocycles. The second kappa shape index (κ2) is 9.26. The molecule has 8 nitrogen and oxygen atoms in total. The number of hydrogen-bond acceptors (Lipinski definition) is 6. The maximum atomic E-state index is 12.5. The van der Waals surface area contributed by atoms with Crippen molar-refractivity contribution in [1.82, 2.24) is 4.72 Å². The van der Waals surface area contributed by atoms with Crippen LogP contribution in [0.15, 0.2) is 76.2 Å². The molecule has 3 rings (SSSR count). The van der Waals surface area contributed by atoms with E-state index in [0.717, 1.165) is 0 Å². The van der Waals surface area contributed by atoms with E-state index in [1.807, 2.05) is 6.07 Å². The van der Waals surface area contributed by atoms with Gasteiger partial charge in [0.2, 0.25) is 10.0 Å². The van der Waals surface area contributed by atoms with Gasteiger partial charge in [0.15, 0.2) is 6.10 Å². The zero-order valence-electron chi connectivity index (χ0n) is 16.0. The van der Waals surface area contributed by atoms with Crippen LogP contribution in [-0.2, 0) is 21.4 Å². The van der Waals surface area contributed by atoms with Crippen molar-refractivity contribution in [2.24, 2.45) is 0 Å². The molecule has 0 aliphatic heterocycles. The molecule has 0 saturated heterocycles. The summed E-state index contributed by atoms with van der Waals surface area (Å²) >= 11 is 0. The second-order valence-corrected chi connectivity index (χ2v) is 8.06. The van der Waals surface area contributed by atoms with E-state index in [0.29, 0.717) is 22.8 Å². The third kappa shape index (κ3) is 5.26. The Hall–Kier alpha value is -3.61. The lowest BCUT2D eigenvalue weighted by Crippen LogP contribution is -2.30.